The maximum Gasteiger partial charge on any atom is 0.314 e. The lowest BCUT2D eigenvalue weighted by atomic mass is 9.85. The Hall–Kier alpha value is -1.06. The van der Waals surface area contributed by atoms with Crippen LogP contribution in [0.15, 0.2) is 24.3 Å². The van der Waals surface area contributed by atoms with Crippen molar-refractivity contribution in [3.63, 3.8) is 0 Å². The zero-order valence-corrected chi connectivity index (χ0v) is 10.8. The molecular weight excluding hydrogens is 238 g/mol. The Balaban J connectivity index is 0.00000144. The minimum absolute atomic E-state index is 0. The van der Waals surface area contributed by atoms with Crippen molar-refractivity contribution in [2.75, 3.05) is 13.2 Å². The fourth-order valence-corrected chi connectivity index (χ4v) is 2.35. The first-order valence-electron chi connectivity index (χ1n) is 5.66. The fraction of sp³-hybridized carbons (Fsp3) is 0.462. The van der Waals surface area contributed by atoms with Crippen LogP contribution in [0.3, 0.4) is 0 Å². The van der Waals surface area contributed by atoms with Crippen LogP contribution >= 0.6 is 12.4 Å². The van der Waals surface area contributed by atoms with Crippen molar-refractivity contribution in [2.45, 2.75) is 19.8 Å². The second-order valence-corrected chi connectivity index (χ2v) is 4.33. The van der Waals surface area contributed by atoms with Crippen LogP contribution in [0.25, 0.3) is 0 Å². The smallest absolute Gasteiger partial charge is 0.314 e. The van der Waals surface area contributed by atoms with E-state index in [9.17, 15) is 4.79 Å². The number of fused-ring (bicyclic) bond motifs is 1. The molecule has 4 heteroatoms. The molecule has 1 aromatic carbocycles. The number of hydrogen-bond donors (Lipinski definition) is 1. The van der Waals surface area contributed by atoms with E-state index in [1.54, 1.807) is 0 Å². The molecule has 3 nitrogen and oxygen atoms in total. The van der Waals surface area contributed by atoms with E-state index in [2.05, 4.69) is 12.1 Å². The predicted octanol–water partition coefficient (Wildman–Crippen LogP) is 1.72. The maximum atomic E-state index is 12.0. The highest BCUT2D eigenvalue weighted by Crippen LogP contribution is 2.37. The molecule has 0 saturated heterocycles. The topological polar surface area (TPSA) is 52.3 Å². The Kier molecular flexibility index (Phi) is 4.54. The molecule has 0 saturated carbocycles. The van der Waals surface area contributed by atoms with Gasteiger partial charge in [-0.3, -0.25) is 4.79 Å². The van der Waals surface area contributed by atoms with Gasteiger partial charge in [0.05, 0.1) is 12.0 Å². The van der Waals surface area contributed by atoms with E-state index in [1.165, 1.54) is 11.1 Å². The highest BCUT2D eigenvalue weighted by Gasteiger charge is 2.43. The molecule has 0 aliphatic heterocycles. The van der Waals surface area contributed by atoms with Gasteiger partial charge in [0.1, 0.15) is 0 Å². The van der Waals surface area contributed by atoms with Crippen molar-refractivity contribution in [2.24, 2.45) is 11.1 Å². The molecule has 2 N–H and O–H groups in total. The van der Waals surface area contributed by atoms with Crippen molar-refractivity contribution in [3.05, 3.63) is 35.4 Å². The Morgan fingerprint density at radius 1 is 1.35 bits per heavy atom. The summed E-state index contributed by atoms with van der Waals surface area (Å²) in [6, 6.07) is 8.12. The number of benzene rings is 1. The summed E-state index contributed by atoms with van der Waals surface area (Å²) < 4.78 is 5.13. The van der Waals surface area contributed by atoms with E-state index in [1.807, 2.05) is 19.1 Å². The fourth-order valence-electron chi connectivity index (χ4n) is 2.35. The van der Waals surface area contributed by atoms with Gasteiger partial charge in [0.25, 0.3) is 0 Å². The molecule has 2 rings (SSSR count). The summed E-state index contributed by atoms with van der Waals surface area (Å²) in [5, 5.41) is 0. The van der Waals surface area contributed by atoms with Crippen LogP contribution in [-0.2, 0) is 22.4 Å². The van der Waals surface area contributed by atoms with Gasteiger partial charge in [0, 0.05) is 6.54 Å². The third-order valence-corrected chi connectivity index (χ3v) is 3.28. The van der Waals surface area contributed by atoms with Crippen LogP contribution in [-0.4, -0.2) is 19.1 Å². The van der Waals surface area contributed by atoms with Gasteiger partial charge in [-0.1, -0.05) is 24.3 Å². The lowest BCUT2D eigenvalue weighted by Gasteiger charge is -2.24. The van der Waals surface area contributed by atoms with Gasteiger partial charge >= 0.3 is 5.97 Å². The average molecular weight is 256 g/mol. The highest BCUT2D eigenvalue weighted by molar-refractivity contribution is 5.85. The summed E-state index contributed by atoms with van der Waals surface area (Å²) in [6.45, 7) is 2.58. The molecule has 0 unspecified atom stereocenters. The molecule has 0 atom stereocenters. The molecule has 0 heterocycles. The van der Waals surface area contributed by atoms with E-state index in [4.69, 9.17) is 10.5 Å². The second kappa shape index (κ2) is 5.52. The Bertz CT molecular complexity index is 381. The summed E-state index contributed by atoms with van der Waals surface area (Å²) in [7, 11) is 0. The summed E-state index contributed by atoms with van der Waals surface area (Å²) in [6.07, 6.45) is 1.41. The Morgan fingerprint density at radius 2 is 1.88 bits per heavy atom. The average Bonchev–Trinajstić information content (AvgIpc) is 2.69. The number of hydrogen-bond acceptors (Lipinski definition) is 3. The van der Waals surface area contributed by atoms with Gasteiger partial charge in [-0.2, -0.15) is 0 Å². The number of nitrogens with two attached hydrogens (primary N) is 1. The van der Waals surface area contributed by atoms with E-state index in [0.717, 1.165) is 0 Å². The molecule has 0 bridgehead atoms. The molecule has 17 heavy (non-hydrogen) atoms. The standard InChI is InChI=1S/C13H17NO2.ClH/c1-2-16-12(15)13(9-14)7-10-5-3-4-6-11(10)8-13;/h3-6H,2,7-9,14H2,1H3;1H. The third-order valence-electron chi connectivity index (χ3n) is 3.28. The highest BCUT2D eigenvalue weighted by atomic mass is 35.5. The lowest BCUT2D eigenvalue weighted by molar-refractivity contribution is -0.154. The van der Waals surface area contributed by atoms with Gasteiger partial charge in [-0.15, -0.1) is 12.4 Å². The molecule has 1 aliphatic carbocycles. The quantitative estimate of drug-likeness (QED) is 0.837. The van der Waals surface area contributed by atoms with Gasteiger partial charge in [0.2, 0.25) is 0 Å². The van der Waals surface area contributed by atoms with Gasteiger partial charge in [-0.25, -0.2) is 0 Å². The van der Waals surface area contributed by atoms with Crippen molar-refractivity contribution in [3.8, 4) is 0 Å². The van der Waals surface area contributed by atoms with Gasteiger partial charge in [-0.05, 0) is 30.9 Å². The molecule has 94 valence electrons. The first kappa shape index (κ1) is 14.0. The van der Waals surface area contributed by atoms with E-state index < -0.39 is 5.41 Å². The van der Waals surface area contributed by atoms with Crippen molar-refractivity contribution in [1.82, 2.24) is 0 Å². The maximum absolute atomic E-state index is 12.0. The number of carbonyl (C=O) groups is 1. The van der Waals surface area contributed by atoms with Crippen molar-refractivity contribution >= 4 is 18.4 Å². The minimum Gasteiger partial charge on any atom is -0.466 e. The van der Waals surface area contributed by atoms with E-state index in [-0.39, 0.29) is 18.4 Å². The molecule has 0 amide bonds. The number of halogens is 1. The summed E-state index contributed by atoms with van der Waals surface area (Å²) in [5.74, 6) is -0.159. The van der Waals surface area contributed by atoms with Crippen LogP contribution in [0.2, 0.25) is 0 Å². The van der Waals surface area contributed by atoms with Crippen LogP contribution in [0.5, 0.6) is 0 Å². The molecule has 0 aromatic heterocycles. The molecule has 0 radical (unpaired) electrons. The second-order valence-electron chi connectivity index (χ2n) is 4.33. The van der Waals surface area contributed by atoms with Crippen LogP contribution in [0, 0.1) is 5.41 Å². The van der Waals surface area contributed by atoms with E-state index in [0.29, 0.717) is 26.0 Å². The molecule has 1 aromatic rings. The predicted molar refractivity (Wildman–Crippen MR) is 69.2 cm³/mol. The number of ether oxygens (including phenoxy) is 1. The summed E-state index contributed by atoms with van der Waals surface area (Å²) >= 11 is 0. The summed E-state index contributed by atoms with van der Waals surface area (Å²) in [4.78, 5) is 12.0. The lowest BCUT2D eigenvalue weighted by Crippen LogP contribution is -2.40. The first-order chi connectivity index (χ1) is 7.72. The largest absolute Gasteiger partial charge is 0.466 e. The van der Waals surface area contributed by atoms with E-state index >= 15 is 0 Å². The van der Waals surface area contributed by atoms with Crippen LogP contribution in [0.1, 0.15) is 18.1 Å². The minimum atomic E-state index is -0.528. The van der Waals surface area contributed by atoms with Gasteiger partial charge < -0.3 is 10.5 Å². The molecule has 1 aliphatic rings. The first-order valence-corrected chi connectivity index (χ1v) is 5.66. The summed E-state index contributed by atoms with van der Waals surface area (Å²) in [5.41, 5.74) is 7.70. The monoisotopic (exact) mass is 255 g/mol. The normalized spacial score (nSPS) is 15.9. The molecular formula is C13H18ClNO2. The zero-order chi connectivity index (χ0) is 11.6. The number of rotatable bonds is 3. The Morgan fingerprint density at radius 3 is 2.29 bits per heavy atom. The number of esters is 1. The van der Waals surface area contributed by atoms with Crippen LogP contribution < -0.4 is 5.73 Å². The SMILES string of the molecule is CCOC(=O)C1(CN)Cc2ccccc2C1.Cl. The van der Waals surface area contributed by atoms with Crippen LogP contribution in [0.4, 0.5) is 0 Å². The van der Waals surface area contributed by atoms with Gasteiger partial charge in [0.15, 0.2) is 0 Å². The number of carbonyl (C=O) groups excluding carboxylic acids is 1. The zero-order valence-electron chi connectivity index (χ0n) is 9.94. The molecule has 0 fully saturated rings. The molecule has 0 spiro atoms. The van der Waals surface area contributed by atoms with Crippen molar-refractivity contribution < 1.29 is 9.53 Å². The van der Waals surface area contributed by atoms with Crippen molar-refractivity contribution in [1.29, 1.82) is 0 Å². The third kappa shape index (κ3) is 2.45. The Labute approximate surface area is 108 Å².